The van der Waals surface area contributed by atoms with Crippen molar-refractivity contribution in [3.8, 4) is 16.9 Å². The van der Waals surface area contributed by atoms with Crippen molar-refractivity contribution in [3.05, 3.63) is 89.2 Å². The third-order valence-corrected chi connectivity index (χ3v) is 5.47. The number of carbonyl (C=O) groups excluding carboxylic acids is 1. The van der Waals surface area contributed by atoms with E-state index in [0.29, 0.717) is 25.5 Å². The Balaban J connectivity index is 1.61. The van der Waals surface area contributed by atoms with E-state index < -0.39 is 0 Å². The van der Waals surface area contributed by atoms with Crippen LogP contribution in [0.5, 0.6) is 5.75 Å². The van der Waals surface area contributed by atoms with Crippen molar-refractivity contribution in [1.29, 1.82) is 0 Å². The third-order valence-electron chi connectivity index (χ3n) is 5.47. The Labute approximate surface area is 187 Å². The van der Waals surface area contributed by atoms with Gasteiger partial charge in [-0.05, 0) is 54.8 Å². The van der Waals surface area contributed by atoms with Gasteiger partial charge in [-0.25, -0.2) is 0 Å². The summed E-state index contributed by atoms with van der Waals surface area (Å²) in [4.78, 5) is 11.9. The van der Waals surface area contributed by atoms with Crippen molar-refractivity contribution in [3.63, 3.8) is 0 Å². The molecule has 32 heavy (non-hydrogen) atoms. The molecule has 3 aromatic carbocycles. The molecule has 1 heterocycles. The highest BCUT2D eigenvalue weighted by molar-refractivity contribution is 5.87. The zero-order valence-corrected chi connectivity index (χ0v) is 18.4. The summed E-state index contributed by atoms with van der Waals surface area (Å²) >= 11 is 0. The molecular weight excluding hydrogens is 402 g/mol. The number of esters is 1. The van der Waals surface area contributed by atoms with Crippen LogP contribution in [-0.4, -0.2) is 12.6 Å². The molecule has 0 aliphatic heterocycles. The Morgan fingerprint density at radius 2 is 1.81 bits per heavy atom. The van der Waals surface area contributed by atoms with Crippen molar-refractivity contribution in [2.75, 3.05) is 6.61 Å². The van der Waals surface area contributed by atoms with Crippen LogP contribution in [0.2, 0.25) is 0 Å². The van der Waals surface area contributed by atoms with E-state index >= 15 is 0 Å². The first kappa shape index (κ1) is 21.7. The normalized spacial score (nSPS) is 11.0. The van der Waals surface area contributed by atoms with E-state index in [2.05, 4.69) is 24.3 Å². The van der Waals surface area contributed by atoms with Gasteiger partial charge in [-0.2, -0.15) is 0 Å². The lowest BCUT2D eigenvalue weighted by atomic mass is 10.0. The smallest absolute Gasteiger partial charge is 0.310 e. The van der Waals surface area contributed by atoms with Crippen LogP contribution in [0.4, 0.5) is 0 Å². The molecule has 0 bridgehead atoms. The van der Waals surface area contributed by atoms with E-state index in [0.717, 1.165) is 44.5 Å². The van der Waals surface area contributed by atoms with E-state index in [1.165, 1.54) is 0 Å². The number of carbonyl (C=O) groups is 1. The average Bonchev–Trinajstić information content (AvgIpc) is 3.12. The van der Waals surface area contributed by atoms with Crippen LogP contribution < -0.4 is 10.5 Å². The van der Waals surface area contributed by atoms with Gasteiger partial charge in [-0.1, -0.05) is 42.5 Å². The maximum absolute atomic E-state index is 11.9. The van der Waals surface area contributed by atoms with E-state index in [1.54, 1.807) is 6.92 Å². The molecule has 0 radical (unpaired) electrons. The molecule has 0 spiro atoms. The van der Waals surface area contributed by atoms with E-state index in [-0.39, 0.29) is 12.4 Å². The third kappa shape index (κ3) is 4.68. The van der Waals surface area contributed by atoms with Gasteiger partial charge in [0.15, 0.2) is 0 Å². The zero-order chi connectivity index (χ0) is 22.5. The Morgan fingerprint density at radius 3 is 2.62 bits per heavy atom. The Morgan fingerprint density at radius 1 is 1.00 bits per heavy atom. The minimum absolute atomic E-state index is 0.177. The summed E-state index contributed by atoms with van der Waals surface area (Å²) in [5, 5.41) is 1.01. The number of para-hydroxylation sites is 1. The first-order chi connectivity index (χ1) is 15.6. The van der Waals surface area contributed by atoms with Gasteiger partial charge >= 0.3 is 5.97 Å². The van der Waals surface area contributed by atoms with Gasteiger partial charge in [-0.15, -0.1) is 0 Å². The fourth-order valence-corrected chi connectivity index (χ4v) is 3.82. The molecule has 0 aliphatic rings. The summed E-state index contributed by atoms with van der Waals surface area (Å²) in [5.74, 6) is 1.22. The van der Waals surface area contributed by atoms with Gasteiger partial charge in [0.2, 0.25) is 0 Å². The highest BCUT2D eigenvalue weighted by Crippen LogP contribution is 2.32. The molecular formula is C27H27NO4. The number of aryl methyl sites for hydroxylation is 1. The molecule has 2 N–H and O–H groups in total. The summed E-state index contributed by atoms with van der Waals surface area (Å²) in [7, 11) is 0. The van der Waals surface area contributed by atoms with Crippen LogP contribution in [0.25, 0.3) is 22.1 Å². The van der Waals surface area contributed by atoms with Crippen molar-refractivity contribution in [2.45, 2.75) is 33.4 Å². The predicted molar refractivity (Wildman–Crippen MR) is 125 cm³/mol. The van der Waals surface area contributed by atoms with Crippen LogP contribution in [0.3, 0.4) is 0 Å². The minimum Gasteiger partial charge on any atom is -0.488 e. The van der Waals surface area contributed by atoms with Crippen LogP contribution >= 0.6 is 0 Å². The van der Waals surface area contributed by atoms with Crippen molar-refractivity contribution < 1.29 is 18.7 Å². The second kappa shape index (κ2) is 9.71. The predicted octanol–water partition coefficient (Wildman–Crippen LogP) is 5.55. The lowest BCUT2D eigenvalue weighted by molar-refractivity contribution is -0.142. The first-order valence-electron chi connectivity index (χ1n) is 10.8. The van der Waals surface area contributed by atoms with Gasteiger partial charge < -0.3 is 19.6 Å². The molecule has 0 fully saturated rings. The highest BCUT2D eigenvalue weighted by atomic mass is 16.5. The summed E-state index contributed by atoms with van der Waals surface area (Å²) in [5.41, 5.74) is 11.7. The largest absolute Gasteiger partial charge is 0.488 e. The molecule has 5 nitrogen and oxygen atoms in total. The average molecular weight is 430 g/mol. The number of benzene rings is 3. The summed E-state index contributed by atoms with van der Waals surface area (Å²) in [6.07, 6.45) is 0.177. The second-order valence-corrected chi connectivity index (χ2v) is 7.63. The lowest BCUT2D eigenvalue weighted by Crippen LogP contribution is -2.09. The standard InChI is InChI=1S/C27H27NO4/c1-3-30-27(29)15-22-8-4-5-10-25(22)31-17-24-18(2)32-26-12-11-21(14-23(24)26)20-9-6-7-19(13-20)16-28/h4-14H,3,15-17,28H2,1-2H3. The molecule has 164 valence electrons. The molecule has 0 saturated carbocycles. The maximum Gasteiger partial charge on any atom is 0.310 e. The number of fused-ring (bicyclic) bond motifs is 1. The number of nitrogens with two attached hydrogens (primary N) is 1. The molecule has 1 aromatic heterocycles. The molecule has 0 aliphatic carbocycles. The zero-order valence-electron chi connectivity index (χ0n) is 18.4. The van der Waals surface area contributed by atoms with E-state index in [4.69, 9.17) is 19.6 Å². The van der Waals surface area contributed by atoms with Crippen molar-refractivity contribution in [1.82, 2.24) is 0 Å². The molecule has 4 rings (SSSR count). The number of ether oxygens (including phenoxy) is 2. The molecule has 4 aromatic rings. The van der Waals surface area contributed by atoms with Gasteiger partial charge in [0.25, 0.3) is 0 Å². The maximum atomic E-state index is 11.9. The van der Waals surface area contributed by atoms with Crippen molar-refractivity contribution in [2.24, 2.45) is 5.73 Å². The quantitative estimate of drug-likeness (QED) is 0.372. The Bertz CT molecular complexity index is 1240. The van der Waals surface area contributed by atoms with Crippen LogP contribution in [0.1, 0.15) is 29.4 Å². The second-order valence-electron chi connectivity index (χ2n) is 7.63. The molecule has 5 heteroatoms. The summed E-state index contributed by atoms with van der Waals surface area (Å²) in [6, 6.07) is 21.9. The number of hydrogen-bond donors (Lipinski definition) is 1. The van der Waals surface area contributed by atoms with E-state index in [1.807, 2.05) is 49.4 Å². The number of hydrogen-bond acceptors (Lipinski definition) is 5. The molecule has 0 atom stereocenters. The SMILES string of the molecule is CCOC(=O)Cc1ccccc1OCc1c(C)oc2ccc(-c3cccc(CN)c3)cc12. The molecule has 0 amide bonds. The Kier molecular flexibility index (Phi) is 6.57. The van der Waals surface area contributed by atoms with Crippen LogP contribution in [-0.2, 0) is 29.1 Å². The lowest BCUT2D eigenvalue weighted by Gasteiger charge is -2.11. The van der Waals surface area contributed by atoms with Gasteiger partial charge in [0, 0.05) is 23.1 Å². The summed E-state index contributed by atoms with van der Waals surface area (Å²) in [6.45, 7) is 4.94. The number of furan rings is 1. The van der Waals surface area contributed by atoms with Crippen molar-refractivity contribution >= 4 is 16.9 Å². The number of rotatable bonds is 8. The van der Waals surface area contributed by atoms with Gasteiger partial charge in [-0.3, -0.25) is 4.79 Å². The topological polar surface area (TPSA) is 74.7 Å². The van der Waals surface area contributed by atoms with E-state index in [9.17, 15) is 4.79 Å². The van der Waals surface area contributed by atoms with Gasteiger partial charge in [0.05, 0.1) is 13.0 Å². The molecule has 0 unspecified atom stereocenters. The fourth-order valence-electron chi connectivity index (χ4n) is 3.82. The Hall–Kier alpha value is -3.57. The fraction of sp³-hybridized carbons (Fsp3) is 0.222. The highest BCUT2D eigenvalue weighted by Gasteiger charge is 2.15. The summed E-state index contributed by atoms with van der Waals surface area (Å²) < 4.78 is 17.2. The van der Waals surface area contributed by atoms with Crippen LogP contribution in [0, 0.1) is 6.92 Å². The first-order valence-corrected chi connectivity index (χ1v) is 10.8. The monoisotopic (exact) mass is 429 g/mol. The molecule has 0 saturated heterocycles. The minimum atomic E-state index is -0.266. The van der Waals surface area contributed by atoms with Crippen LogP contribution in [0.15, 0.2) is 71.1 Å². The van der Waals surface area contributed by atoms with Gasteiger partial charge in [0.1, 0.15) is 23.7 Å².